The highest BCUT2D eigenvalue weighted by Gasteiger charge is 2.29. The van der Waals surface area contributed by atoms with E-state index in [0.29, 0.717) is 16.9 Å². The standard InChI is InChI=1S/C14H11F3N2O/c15-14(16,17)10-3-7-12(8-4-10)19-11-5-1-9(2-6-11)13(18)20/h1-8,19H,(H2,18,20). The predicted molar refractivity (Wildman–Crippen MR) is 69.7 cm³/mol. The van der Waals surface area contributed by atoms with Crippen molar-refractivity contribution in [3.63, 3.8) is 0 Å². The second-order valence-corrected chi connectivity index (χ2v) is 4.14. The first kappa shape index (κ1) is 13.9. The minimum absolute atomic E-state index is 0.364. The normalized spacial score (nSPS) is 11.2. The van der Waals surface area contributed by atoms with Crippen LogP contribution in [0.5, 0.6) is 0 Å². The maximum atomic E-state index is 12.4. The van der Waals surface area contributed by atoms with E-state index in [1.807, 2.05) is 0 Å². The van der Waals surface area contributed by atoms with Crippen LogP contribution in [0.1, 0.15) is 15.9 Å². The molecule has 3 nitrogen and oxygen atoms in total. The van der Waals surface area contributed by atoms with Crippen LogP contribution in [0, 0.1) is 0 Å². The molecule has 2 aromatic carbocycles. The molecule has 0 aliphatic rings. The van der Waals surface area contributed by atoms with Crippen LogP contribution < -0.4 is 11.1 Å². The van der Waals surface area contributed by atoms with Crippen molar-refractivity contribution in [2.45, 2.75) is 6.18 Å². The summed E-state index contributed by atoms with van der Waals surface area (Å²) in [6, 6.07) is 11.0. The summed E-state index contributed by atoms with van der Waals surface area (Å²) in [6.07, 6.45) is -4.35. The minimum atomic E-state index is -4.35. The summed E-state index contributed by atoms with van der Waals surface area (Å²) in [5, 5.41) is 2.93. The van der Waals surface area contributed by atoms with Crippen molar-refractivity contribution in [1.82, 2.24) is 0 Å². The fourth-order valence-corrected chi connectivity index (χ4v) is 1.63. The Morgan fingerprint density at radius 3 is 1.75 bits per heavy atom. The molecule has 0 radical (unpaired) electrons. The predicted octanol–water partition coefficient (Wildman–Crippen LogP) is 3.55. The van der Waals surface area contributed by atoms with E-state index in [-0.39, 0.29) is 0 Å². The number of primary amides is 1. The number of carbonyl (C=O) groups is 1. The Balaban J connectivity index is 2.12. The highest BCUT2D eigenvalue weighted by Crippen LogP contribution is 2.30. The maximum Gasteiger partial charge on any atom is 0.416 e. The summed E-state index contributed by atoms with van der Waals surface area (Å²) >= 11 is 0. The van der Waals surface area contributed by atoms with Gasteiger partial charge in [-0.1, -0.05) is 0 Å². The summed E-state index contributed by atoms with van der Waals surface area (Å²) in [5.41, 5.74) is 5.94. The second kappa shape index (κ2) is 5.24. The van der Waals surface area contributed by atoms with Gasteiger partial charge in [-0.15, -0.1) is 0 Å². The lowest BCUT2D eigenvalue weighted by molar-refractivity contribution is -0.137. The zero-order chi connectivity index (χ0) is 14.8. The third kappa shape index (κ3) is 3.28. The molecule has 3 N–H and O–H groups in total. The number of amides is 1. The zero-order valence-electron chi connectivity index (χ0n) is 10.2. The molecular formula is C14H11F3N2O. The molecule has 0 atom stereocenters. The van der Waals surface area contributed by atoms with Gasteiger partial charge in [0, 0.05) is 16.9 Å². The number of nitrogens with two attached hydrogens (primary N) is 1. The van der Waals surface area contributed by atoms with Gasteiger partial charge in [0.05, 0.1) is 5.56 Å². The van der Waals surface area contributed by atoms with E-state index in [9.17, 15) is 18.0 Å². The number of nitrogens with one attached hydrogen (secondary N) is 1. The van der Waals surface area contributed by atoms with Crippen LogP contribution in [0.15, 0.2) is 48.5 Å². The number of halogens is 3. The molecule has 2 aromatic rings. The van der Waals surface area contributed by atoms with Crippen LogP contribution in [0.4, 0.5) is 24.5 Å². The Hall–Kier alpha value is -2.50. The summed E-state index contributed by atoms with van der Waals surface area (Å²) in [6.45, 7) is 0. The molecule has 0 aliphatic heterocycles. The maximum absolute atomic E-state index is 12.4. The van der Waals surface area contributed by atoms with Crippen LogP contribution >= 0.6 is 0 Å². The average molecular weight is 280 g/mol. The first-order valence-corrected chi connectivity index (χ1v) is 5.70. The number of benzene rings is 2. The van der Waals surface area contributed by atoms with E-state index in [0.717, 1.165) is 12.1 Å². The third-order valence-electron chi connectivity index (χ3n) is 2.67. The van der Waals surface area contributed by atoms with Gasteiger partial charge in [-0.2, -0.15) is 13.2 Å². The van der Waals surface area contributed by atoms with Crippen molar-refractivity contribution in [2.24, 2.45) is 5.73 Å². The van der Waals surface area contributed by atoms with Crippen molar-refractivity contribution in [1.29, 1.82) is 0 Å². The lowest BCUT2D eigenvalue weighted by Gasteiger charge is -2.09. The Kier molecular flexibility index (Phi) is 3.65. The minimum Gasteiger partial charge on any atom is -0.366 e. The van der Waals surface area contributed by atoms with Gasteiger partial charge >= 0.3 is 6.18 Å². The first-order chi connectivity index (χ1) is 9.36. The van der Waals surface area contributed by atoms with Crippen molar-refractivity contribution >= 4 is 17.3 Å². The number of rotatable bonds is 3. The molecule has 0 fully saturated rings. The van der Waals surface area contributed by atoms with Crippen LogP contribution in [-0.2, 0) is 6.18 Å². The lowest BCUT2D eigenvalue weighted by Crippen LogP contribution is -2.10. The smallest absolute Gasteiger partial charge is 0.366 e. The molecule has 20 heavy (non-hydrogen) atoms. The molecule has 0 aromatic heterocycles. The quantitative estimate of drug-likeness (QED) is 0.903. The summed E-state index contributed by atoms with van der Waals surface area (Å²) in [5.74, 6) is -0.536. The van der Waals surface area contributed by atoms with Gasteiger partial charge in [0.1, 0.15) is 0 Å². The fourth-order valence-electron chi connectivity index (χ4n) is 1.63. The van der Waals surface area contributed by atoms with Gasteiger partial charge in [0.25, 0.3) is 0 Å². The molecular weight excluding hydrogens is 269 g/mol. The van der Waals surface area contributed by atoms with Gasteiger partial charge in [-0.05, 0) is 48.5 Å². The van der Waals surface area contributed by atoms with E-state index in [1.54, 1.807) is 12.1 Å². The molecule has 0 saturated heterocycles. The van der Waals surface area contributed by atoms with Crippen molar-refractivity contribution in [3.05, 3.63) is 59.7 Å². The lowest BCUT2D eigenvalue weighted by atomic mass is 10.1. The molecule has 0 saturated carbocycles. The number of carbonyl (C=O) groups excluding carboxylic acids is 1. The number of alkyl halides is 3. The van der Waals surface area contributed by atoms with Crippen LogP contribution in [0.2, 0.25) is 0 Å². The number of hydrogen-bond acceptors (Lipinski definition) is 2. The van der Waals surface area contributed by atoms with Crippen molar-refractivity contribution in [2.75, 3.05) is 5.32 Å². The largest absolute Gasteiger partial charge is 0.416 e. The number of anilines is 2. The van der Waals surface area contributed by atoms with Crippen LogP contribution in [0.25, 0.3) is 0 Å². The molecule has 104 valence electrons. The Morgan fingerprint density at radius 1 is 0.900 bits per heavy atom. The summed E-state index contributed by atoms with van der Waals surface area (Å²) in [4.78, 5) is 10.9. The van der Waals surface area contributed by atoms with Crippen molar-refractivity contribution < 1.29 is 18.0 Å². The Bertz CT molecular complexity index is 604. The average Bonchev–Trinajstić information content (AvgIpc) is 2.39. The van der Waals surface area contributed by atoms with Crippen LogP contribution in [-0.4, -0.2) is 5.91 Å². The monoisotopic (exact) mass is 280 g/mol. The molecule has 0 spiro atoms. The molecule has 0 aliphatic carbocycles. The van der Waals surface area contributed by atoms with E-state index in [2.05, 4.69) is 5.32 Å². The molecule has 1 amide bonds. The zero-order valence-corrected chi connectivity index (χ0v) is 10.2. The van der Waals surface area contributed by atoms with Gasteiger partial charge < -0.3 is 11.1 Å². The van der Waals surface area contributed by atoms with Gasteiger partial charge in [-0.3, -0.25) is 4.79 Å². The highest BCUT2D eigenvalue weighted by atomic mass is 19.4. The van der Waals surface area contributed by atoms with E-state index < -0.39 is 17.6 Å². The van der Waals surface area contributed by atoms with Crippen molar-refractivity contribution in [3.8, 4) is 0 Å². The fraction of sp³-hybridized carbons (Fsp3) is 0.0714. The highest BCUT2D eigenvalue weighted by molar-refractivity contribution is 5.93. The van der Waals surface area contributed by atoms with Crippen LogP contribution in [0.3, 0.4) is 0 Å². The molecule has 2 rings (SSSR count). The van der Waals surface area contributed by atoms with E-state index in [4.69, 9.17) is 5.73 Å². The molecule has 0 bridgehead atoms. The first-order valence-electron chi connectivity index (χ1n) is 5.70. The molecule has 0 heterocycles. The Labute approximate surface area is 113 Å². The summed E-state index contributed by atoms with van der Waals surface area (Å²) < 4.78 is 37.2. The molecule has 6 heteroatoms. The summed E-state index contributed by atoms with van der Waals surface area (Å²) in [7, 11) is 0. The molecule has 0 unspecified atom stereocenters. The third-order valence-corrected chi connectivity index (χ3v) is 2.67. The Morgan fingerprint density at radius 2 is 1.35 bits per heavy atom. The second-order valence-electron chi connectivity index (χ2n) is 4.14. The van der Waals surface area contributed by atoms with Gasteiger partial charge in [-0.25, -0.2) is 0 Å². The van der Waals surface area contributed by atoms with Gasteiger partial charge in [0.2, 0.25) is 5.91 Å². The topological polar surface area (TPSA) is 55.1 Å². The van der Waals surface area contributed by atoms with E-state index in [1.165, 1.54) is 24.3 Å². The van der Waals surface area contributed by atoms with Gasteiger partial charge in [0.15, 0.2) is 0 Å². The van der Waals surface area contributed by atoms with E-state index >= 15 is 0 Å². The number of hydrogen-bond donors (Lipinski definition) is 2. The SMILES string of the molecule is NC(=O)c1ccc(Nc2ccc(C(F)(F)F)cc2)cc1.